The molecule has 5 heteroatoms. The van der Waals surface area contributed by atoms with Crippen molar-refractivity contribution in [1.82, 2.24) is 19.9 Å². The van der Waals surface area contributed by atoms with Gasteiger partial charge in [-0.2, -0.15) is 5.26 Å². The molecule has 58 heavy (non-hydrogen) atoms. The normalized spacial score (nSPS) is 12.1. The summed E-state index contributed by atoms with van der Waals surface area (Å²) in [7, 11) is 0. The Labute approximate surface area is 337 Å². The summed E-state index contributed by atoms with van der Waals surface area (Å²) in [4.78, 5) is 19.6. The van der Waals surface area contributed by atoms with Gasteiger partial charge in [0.15, 0.2) is 17.5 Å². The smallest absolute Gasteiger partial charge is 0.164 e. The molecule has 0 N–H and O–H groups in total. The Kier molecular flexibility index (Phi) is 8.98. The number of benzene rings is 7. The van der Waals surface area contributed by atoms with Crippen molar-refractivity contribution in [2.75, 3.05) is 0 Å². The molecule has 0 saturated heterocycles. The second kappa shape index (κ2) is 15.0. The summed E-state index contributed by atoms with van der Waals surface area (Å²) < 4.78 is 0. The van der Waals surface area contributed by atoms with Crippen LogP contribution in [0.25, 0.3) is 83.9 Å². The zero-order valence-corrected chi connectivity index (χ0v) is 31.5. The molecule has 7 aromatic carbocycles. The number of aromatic nitrogens is 4. The van der Waals surface area contributed by atoms with E-state index in [1.54, 1.807) is 0 Å². The van der Waals surface area contributed by atoms with E-state index in [2.05, 4.69) is 109 Å². The van der Waals surface area contributed by atoms with Crippen molar-refractivity contribution in [3.05, 3.63) is 211 Å². The molecule has 0 radical (unpaired) electrons. The fourth-order valence-corrected chi connectivity index (χ4v) is 8.03. The lowest BCUT2D eigenvalue weighted by Crippen LogP contribution is -2.03. The van der Waals surface area contributed by atoms with Gasteiger partial charge in [-0.3, -0.25) is 4.98 Å². The van der Waals surface area contributed by atoms with Crippen molar-refractivity contribution in [2.24, 2.45) is 0 Å². The lowest BCUT2D eigenvalue weighted by Gasteiger charge is -2.17. The Hall–Kier alpha value is -7.81. The zero-order valence-electron chi connectivity index (χ0n) is 31.5. The van der Waals surface area contributed by atoms with Gasteiger partial charge in [-0.15, -0.1) is 0 Å². The molecule has 0 spiro atoms. The van der Waals surface area contributed by atoms with E-state index in [1.807, 2.05) is 85.1 Å². The van der Waals surface area contributed by atoms with Crippen molar-refractivity contribution < 1.29 is 0 Å². The summed E-state index contributed by atoms with van der Waals surface area (Å²) in [6.45, 7) is 0. The zero-order chi connectivity index (χ0) is 38.8. The van der Waals surface area contributed by atoms with Crippen LogP contribution in [0.4, 0.5) is 0 Å². The molecule has 0 amide bonds. The third kappa shape index (κ3) is 6.63. The Bertz CT molecular complexity index is 3000. The van der Waals surface area contributed by atoms with Crippen molar-refractivity contribution in [2.45, 2.75) is 12.8 Å². The van der Waals surface area contributed by atoms with E-state index >= 15 is 0 Å². The Morgan fingerprint density at radius 3 is 1.66 bits per heavy atom. The van der Waals surface area contributed by atoms with Crippen LogP contribution >= 0.6 is 0 Å². The molecule has 272 valence electrons. The molecule has 2 aromatic heterocycles. The number of rotatable bonds is 7. The molecule has 0 atom stereocenters. The monoisotopic (exact) mass is 741 g/mol. The Balaban J connectivity index is 1.02. The molecular weight excluding hydrogens is 707 g/mol. The summed E-state index contributed by atoms with van der Waals surface area (Å²) in [6.07, 6.45) is 6.18. The number of hydrogen-bond acceptors (Lipinski definition) is 5. The van der Waals surface area contributed by atoms with E-state index in [0.717, 1.165) is 84.9 Å². The maximum atomic E-state index is 10.2. The molecule has 2 heterocycles. The Morgan fingerprint density at radius 1 is 0.431 bits per heavy atom. The first-order valence-electron chi connectivity index (χ1n) is 19.5. The summed E-state index contributed by atoms with van der Waals surface area (Å²) in [5.74, 6) is 1.87. The fourth-order valence-electron chi connectivity index (χ4n) is 8.03. The van der Waals surface area contributed by atoms with Crippen LogP contribution in [-0.2, 0) is 6.42 Å². The number of hydrogen-bond donors (Lipinski definition) is 0. The number of allylic oxidation sites excluding steroid dienone is 1. The van der Waals surface area contributed by atoms with Crippen molar-refractivity contribution in [3.8, 4) is 73.6 Å². The van der Waals surface area contributed by atoms with Crippen LogP contribution in [0.15, 0.2) is 188 Å². The van der Waals surface area contributed by atoms with E-state index in [4.69, 9.17) is 19.9 Å². The fraction of sp³-hybridized carbons (Fsp3) is 0.0377. The van der Waals surface area contributed by atoms with Crippen LogP contribution in [0.5, 0.6) is 0 Å². The highest BCUT2D eigenvalue weighted by Gasteiger charge is 2.17. The van der Waals surface area contributed by atoms with E-state index in [1.165, 1.54) is 11.1 Å². The number of pyridine rings is 1. The number of fused-ring (bicyclic) bond motifs is 2. The van der Waals surface area contributed by atoms with Gasteiger partial charge in [0.25, 0.3) is 0 Å². The molecular formula is C53H35N5. The van der Waals surface area contributed by atoms with Crippen LogP contribution in [-0.4, -0.2) is 19.9 Å². The number of nitrogens with zero attached hydrogens (tertiary/aromatic N) is 5. The number of aryl methyl sites for hydroxylation is 1. The van der Waals surface area contributed by atoms with E-state index in [-0.39, 0.29) is 0 Å². The van der Waals surface area contributed by atoms with Crippen molar-refractivity contribution in [3.63, 3.8) is 0 Å². The van der Waals surface area contributed by atoms with Gasteiger partial charge in [-0.05, 0) is 98.5 Å². The minimum absolute atomic E-state index is 0.612. The van der Waals surface area contributed by atoms with Gasteiger partial charge in [0, 0.05) is 28.5 Å². The molecule has 0 fully saturated rings. The molecule has 5 nitrogen and oxygen atoms in total. The minimum atomic E-state index is 0.612. The van der Waals surface area contributed by atoms with E-state index in [0.29, 0.717) is 23.0 Å². The second-order valence-electron chi connectivity index (χ2n) is 14.5. The van der Waals surface area contributed by atoms with Crippen LogP contribution in [0, 0.1) is 11.3 Å². The topological polar surface area (TPSA) is 75.3 Å². The largest absolute Gasteiger partial charge is 0.256 e. The maximum Gasteiger partial charge on any atom is 0.164 e. The van der Waals surface area contributed by atoms with Gasteiger partial charge in [0.1, 0.15) is 0 Å². The highest BCUT2D eigenvalue weighted by molar-refractivity contribution is 6.05. The lowest BCUT2D eigenvalue weighted by molar-refractivity contribution is 0.955. The third-order valence-corrected chi connectivity index (χ3v) is 10.9. The summed E-state index contributed by atoms with van der Waals surface area (Å²) >= 11 is 0. The highest BCUT2D eigenvalue weighted by Crippen LogP contribution is 2.39. The quantitative estimate of drug-likeness (QED) is 0.163. The summed E-state index contributed by atoms with van der Waals surface area (Å²) in [5.41, 5.74) is 14.3. The van der Waals surface area contributed by atoms with Gasteiger partial charge in [-0.25, -0.2) is 15.0 Å². The van der Waals surface area contributed by atoms with Gasteiger partial charge < -0.3 is 0 Å². The lowest BCUT2D eigenvalue weighted by atomic mass is 9.88. The first kappa shape index (κ1) is 34.7. The van der Waals surface area contributed by atoms with Gasteiger partial charge in [0.05, 0.1) is 17.3 Å². The van der Waals surface area contributed by atoms with Gasteiger partial charge in [-0.1, -0.05) is 152 Å². The Morgan fingerprint density at radius 2 is 0.983 bits per heavy atom. The first-order valence-corrected chi connectivity index (χ1v) is 19.5. The third-order valence-electron chi connectivity index (χ3n) is 10.9. The summed E-state index contributed by atoms with van der Waals surface area (Å²) in [6, 6.07) is 62.8. The van der Waals surface area contributed by atoms with E-state index in [9.17, 15) is 5.26 Å². The minimum Gasteiger partial charge on any atom is -0.256 e. The van der Waals surface area contributed by atoms with Gasteiger partial charge in [0.2, 0.25) is 0 Å². The van der Waals surface area contributed by atoms with Crippen LogP contribution < -0.4 is 0 Å². The molecule has 0 bridgehead atoms. The number of nitriles is 1. The molecule has 10 rings (SSSR count). The van der Waals surface area contributed by atoms with Crippen LogP contribution in [0.1, 0.15) is 28.8 Å². The molecule has 0 unspecified atom stereocenters. The molecule has 0 aliphatic heterocycles. The van der Waals surface area contributed by atoms with Crippen LogP contribution in [0.3, 0.4) is 0 Å². The molecule has 1 aliphatic carbocycles. The van der Waals surface area contributed by atoms with Crippen molar-refractivity contribution >= 4 is 16.3 Å². The SMILES string of the molecule is N#Cc1cc(-c2ccc(C3=CCCc4cccnc43)cc2)cc(-c2ccc(-c3cccc(-c4nc(-c5ccccc5)nc(-c5ccccc5)n4)c3)c3ccccc23)c1. The molecule has 1 aliphatic rings. The average molecular weight is 742 g/mol. The predicted molar refractivity (Wildman–Crippen MR) is 234 cm³/mol. The summed E-state index contributed by atoms with van der Waals surface area (Å²) in [5, 5.41) is 12.4. The first-order chi connectivity index (χ1) is 28.7. The molecule has 0 saturated carbocycles. The van der Waals surface area contributed by atoms with E-state index < -0.39 is 0 Å². The maximum absolute atomic E-state index is 10.2. The average Bonchev–Trinajstić information content (AvgIpc) is 3.31. The van der Waals surface area contributed by atoms with Crippen LogP contribution in [0.2, 0.25) is 0 Å². The second-order valence-corrected chi connectivity index (χ2v) is 14.5. The van der Waals surface area contributed by atoms with Gasteiger partial charge >= 0.3 is 0 Å². The standard InChI is InChI=1S/C53H35N5/c54-34-35-30-43(36-23-25-37(26-24-36)47-22-10-16-38-19-11-29-55-50(38)47)33-44(31-35)46-28-27-45(48-20-7-8-21-49(46)48)41-17-9-18-42(32-41)53-57-51(39-12-3-1-4-13-39)56-52(58-53)40-14-5-2-6-15-40/h1-9,11-15,17-33H,10,16H2. The van der Waals surface area contributed by atoms with Crippen molar-refractivity contribution in [1.29, 1.82) is 5.26 Å². The predicted octanol–water partition coefficient (Wildman–Crippen LogP) is 12.7. The highest BCUT2D eigenvalue weighted by atomic mass is 15.0. The molecule has 9 aromatic rings.